The van der Waals surface area contributed by atoms with Crippen molar-refractivity contribution in [3.63, 3.8) is 0 Å². The summed E-state index contributed by atoms with van der Waals surface area (Å²) >= 11 is 0. The molecule has 2 N–H and O–H groups in total. The second-order valence-electron chi connectivity index (χ2n) is 8.67. The lowest BCUT2D eigenvalue weighted by atomic mass is 9.85. The Balaban J connectivity index is 1.40. The molecule has 0 radical (unpaired) electrons. The summed E-state index contributed by atoms with van der Waals surface area (Å²) in [6, 6.07) is 16.6. The van der Waals surface area contributed by atoms with Crippen LogP contribution in [0.25, 0.3) is 0 Å². The molecule has 5 rings (SSSR count). The fourth-order valence-corrected chi connectivity index (χ4v) is 5.30. The molecule has 1 saturated carbocycles. The molecule has 3 aliphatic rings. The number of rotatable bonds is 5. The molecule has 2 aliphatic carbocycles. The molecular weight excluding hydrogens is 390 g/mol. The first-order valence-electron chi connectivity index (χ1n) is 10.8. The van der Waals surface area contributed by atoms with Gasteiger partial charge in [0.1, 0.15) is 6.17 Å². The summed E-state index contributed by atoms with van der Waals surface area (Å²) in [5, 5.41) is 5.75. The Kier molecular flexibility index (Phi) is 4.85. The van der Waals surface area contributed by atoms with E-state index in [0.717, 1.165) is 17.5 Å². The summed E-state index contributed by atoms with van der Waals surface area (Å²) in [6.07, 6.45) is 4.65. The molecular formula is C25H25N3O3. The number of amides is 4. The summed E-state index contributed by atoms with van der Waals surface area (Å²) in [7, 11) is 0. The van der Waals surface area contributed by atoms with Crippen molar-refractivity contribution in [1.82, 2.24) is 10.2 Å². The maximum absolute atomic E-state index is 13.3. The zero-order valence-corrected chi connectivity index (χ0v) is 17.3. The standard InChI is InChI=1S/C25H25N3O3/c1-15-7-5-6-10-19(15)26-25(31)27-20(13-16-8-3-2-4-9-16)28-23(29)21-17-11-12-18(14-17)22(21)24(28)30/h2-12,17-18,20-22H,13-14H2,1H3,(H2,26,27,31). The molecule has 4 amide bonds. The number of nitrogens with zero attached hydrogens (tertiary/aromatic N) is 1. The van der Waals surface area contributed by atoms with E-state index in [2.05, 4.69) is 22.8 Å². The van der Waals surface area contributed by atoms with Gasteiger partial charge in [-0.15, -0.1) is 0 Å². The number of nitrogens with one attached hydrogen (secondary N) is 2. The van der Waals surface area contributed by atoms with Gasteiger partial charge in [0, 0.05) is 12.1 Å². The number of para-hydroxylation sites is 1. The number of imide groups is 1. The summed E-state index contributed by atoms with van der Waals surface area (Å²) in [6.45, 7) is 1.91. The van der Waals surface area contributed by atoms with Crippen molar-refractivity contribution in [2.24, 2.45) is 23.7 Å². The minimum Gasteiger partial charge on any atom is -0.317 e. The molecule has 6 nitrogen and oxygen atoms in total. The number of likely N-dealkylation sites (tertiary alicyclic amines) is 1. The van der Waals surface area contributed by atoms with Crippen molar-refractivity contribution in [2.75, 3.05) is 5.32 Å². The van der Waals surface area contributed by atoms with E-state index in [9.17, 15) is 14.4 Å². The van der Waals surface area contributed by atoms with Crippen molar-refractivity contribution in [1.29, 1.82) is 0 Å². The van der Waals surface area contributed by atoms with Crippen LogP contribution in [0.3, 0.4) is 0 Å². The van der Waals surface area contributed by atoms with Gasteiger partial charge in [0.15, 0.2) is 0 Å². The number of hydrogen-bond acceptors (Lipinski definition) is 3. The van der Waals surface area contributed by atoms with Gasteiger partial charge in [-0.3, -0.25) is 14.5 Å². The summed E-state index contributed by atoms with van der Waals surface area (Å²) in [4.78, 5) is 40.8. The Hall–Kier alpha value is -3.41. The molecule has 2 bridgehead atoms. The van der Waals surface area contributed by atoms with E-state index in [4.69, 9.17) is 0 Å². The van der Waals surface area contributed by atoms with Gasteiger partial charge in [-0.25, -0.2) is 4.79 Å². The second kappa shape index (κ2) is 7.69. The van der Waals surface area contributed by atoms with E-state index >= 15 is 0 Å². The largest absolute Gasteiger partial charge is 0.320 e. The number of benzene rings is 2. The average molecular weight is 415 g/mol. The molecule has 1 saturated heterocycles. The molecule has 5 atom stereocenters. The molecule has 1 aliphatic heterocycles. The highest BCUT2D eigenvalue weighted by Gasteiger charge is 2.60. The van der Waals surface area contributed by atoms with Crippen LogP contribution in [0.15, 0.2) is 66.7 Å². The lowest BCUT2D eigenvalue weighted by Gasteiger charge is -2.29. The molecule has 6 heteroatoms. The Morgan fingerprint density at radius 2 is 1.58 bits per heavy atom. The van der Waals surface area contributed by atoms with E-state index in [1.165, 1.54) is 4.90 Å². The van der Waals surface area contributed by atoms with Crippen LogP contribution in [0.5, 0.6) is 0 Å². The number of carbonyl (C=O) groups excluding carboxylic acids is 3. The Labute approximate surface area is 181 Å². The first kappa shape index (κ1) is 19.5. The number of aryl methyl sites for hydroxylation is 1. The second-order valence-corrected chi connectivity index (χ2v) is 8.67. The summed E-state index contributed by atoms with van der Waals surface area (Å²) < 4.78 is 0. The fraction of sp³-hybridized carbons (Fsp3) is 0.320. The van der Waals surface area contributed by atoms with Crippen LogP contribution in [-0.2, 0) is 16.0 Å². The van der Waals surface area contributed by atoms with Crippen molar-refractivity contribution < 1.29 is 14.4 Å². The van der Waals surface area contributed by atoms with E-state index in [-0.39, 0.29) is 35.5 Å². The van der Waals surface area contributed by atoms with Crippen LogP contribution in [-0.4, -0.2) is 28.9 Å². The van der Waals surface area contributed by atoms with Gasteiger partial charge in [0.25, 0.3) is 0 Å². The highest BCUT2D eigenvalue weighted by atomic mass is 16.2. The van der Waals surface area contributed by atoms with Crippen LogP contribution >= 0.6 is 0 Å². The number of carbonyl (C=O) groups is 3. The zero-order chi connectivity index (χ0) is 21.5. The summed E-state index contributed by atoms with van der Waals surface area (Å²) in [5.41, 5.74) is 2.57. The van der Waals surface area contributed by atoms with Gasteiger partial charge in [0.2, 0.25) is 11.8 Å². The minimum atomic E-state index is -0.739. The molecule has 0 aromatic heterocycles. The van der Waals surface area contributed by atoms with Gasteiger partial charge in [-0.1, -0.05) is 60.7 Å². The average Bonchev–Trinajstić information content (AvgIpc) is 3.44. The first-order valence-corrected chi connectivity index (χ1v) is 10.8. The lowest BCUT2D eigenvalue weighted by Crippen LogP contribution is -2.53. The predicted molar refractivity (Wildman–Crippen MR) is 117 cm³/mol. The van der Waals surface area contributed by atoms with E-state index < -0.39 is 12.2 Å². The quantitative estimate of drug-likeness (QED) is 0.580. The molecule has 2 aromatic carbocycles. The third kappa shape index (κ3) is 3.42. The van der Waals surface area contributed by atoms with Crippen molar-refractivity contribution in [3.05, 3.63) is 77.9 Å². The van der Waals surface area contributed by atoms with E-state index in [1.807, 2.05) is 61.5 Å². The monoisotopic (exact) mass is 415 g/mol. The van der Waals surface area contributed by atoms with Crippen molar-refractivity contribution in [2.45, 2.75) is 25.9 Å². The van der Waals surface area contributed by atoms with E-state index in [0.29, 0.717) is 12.1 Å². The maximum Gasteiger partial charge on any atom is 0.320 e. The number of fused-ring (bicyclic) bond motifs is 5. The third-order valence-corrected chi connectivity index (χ3v) is 6.78. The maximum atomic E-state index is 13.3. The van der Waals surface area contributed by atoms with E-state index in [1.54, 1.807) is 0 Å². The lowest BCUT2D eigenvalue weighted by molar-refractivity contribution is -0.143. The van der Waals surface area contributed by atoms with Crippen molar-refractivity contribution in [3.8, 4) is 0 Å². The molecule has 2 aromatic rings. The number of anilines is 1. The number of hydrogen-bond donors (Lipinski definition) is 2. The third-order valence-electron chi connectivity index (χ3n) is 6.78. The minimum absolute atomic E-state index is 0.134. The Morgan fingerprint density at radius 1 is 0.968 bits per heavy atom. The topological polar surface area (TPSA) is 78.5 Å². The summed E-state index contributed by atoms with van der Waals surface area (Å²) in [5.74, 6) is -0.638. The normalized spacial score (nSPS) is 26.8. The van der Waals surface area contributed by atoms with Gasteiger partial charge in [-0.2, -0.15) is 0 Å². The molecule has 2 fully saturated rings. The SMILES string of the molecule is Cc1ccccc1NC(=O)NC(Cc1ccccc1)N1C(=O)C2C3C=CC(C3)C2C1=O. The van der Waals surface area contributed by atoms with Gasteiger partial charge in [-0.05, 0) is 42.4 Å². The van der Waals surface area contributed by atoms with Crippen LogP contribution in [0.4, 0.5) is 10.5 Å². The Morgan fingerprint density at radius 3 is 2.23 bits per heavy atom. The number of allylic oxidation sites excluding steroid dienone is 2. The zero-order valence-electron chi connectivity index (χ0n) is 17.3. The molecule has 5 unspecified atom stereocenters. The van der Waals surface area contributed by atoms with Crippen LogP contribution in [0, 0.1) is 30.6 Å². The fourth-order valence-electron chi connectivity index (χ4n) is 5.30. The first-order chi connectivity index (χ1) is 15.0. The van der Waals surface area contributed by atoms with Gasteiger partial charge in [0.05, 0.1) is 11.8 Å². The van der Waals surface area contributed by atoms with Crippen LogP contribution < -0.4 is 10.6 Å². The molecule has 31 heavy (non-hydrogen) atoms. The van der Waals surface area contributed by atoms with Crippen LogP contribution in [0.1, 0.15) is 17.5 Å². The van der Waals surface area contributed by atoms with Gasteiger partial charge >= 0.3 is 6.03 Å². The highest BCUT2D eigenvalue weighted by molar-refractivity contribution is 6.07. The smallest absolute Gasteiger partial charge is 0.317 e. The van der Waals surface area contributed by atoms with Gasteiger partial charge < -0.3 is 10.6 Å². The highest BCUT2D eigenvalue weighted by Crippen LogP contribution is 2.52. The Bertz CT molecular complexity index is 1030. The molecule has 0 spiro atoms. The van der Waals surface area contributed by atoms with Crippen molar-refractivity contribution >= 4 is 23.5 Å². The molecule has 158 valence electrons. The van der Waals surface area contributed by atoms with Crippen LogP contribution in [0.2, 0.25) is 0 Å². The molecule has 1 heterocycles. The predicted octanol–water partition coefficient (Wildman–Crippen LogP) is 3.49. The number of urea groups is 1.